The maximum absolute atomic E-state index is 12.0. The number of carbonyl (C=O) groups excluding carboxylic acids is 1. The van der Waals surface area contributed by atoms with Crippen molar-refractivity contribution in [3.8, 4) is 0 Å². The SMILES string of the molecule is CCOC(=O)[C@]1(C(C)C)CCN(S(C)(=O)=O)C1. The van der Waals surface area contributed by atoms with E-state index in [1.54, 1.807) is 6.92 Å². The molecule has 0 N–H and O–H groups in total. The van der Waals surface area contributed by atoms with Crippen LogP contribution in [-0.2, 0) is 19.6 Å². The van der Waals surface area contributed by atoms with Crippen molar-refractivity contribution in [2.24, 2.45) is 11.3 Å². The molecule has 0 radical (unpaired) electrons. The Labute approximate surface area is 103 Å². The molecule has 0 unspecified atom stereocenters. The van der Waals surface area contributed by atoms with E-state index in [0.717, 1.165) is 0 Å². The van der Waals surface area contributed by atoms with Crippen molar-refractivity contribution in [3.05, 3.63) is 0 Å². The minimum atomic E-state index is -3.23. The normalized spacial score (nSPS) is 26.4. The van der Waals surface area contributed by atoms with E-state index in [1.807, 2.05) is 13.8 Å². The Morgan fingerprint density at radius 1 is 1.47 bits per heavy atom. The van der Waals surface area contributed by atoms with E-state index in [1.165, 1.54) is 10.6 Å². The molecule has 0 amide bonds. The fourth-order valence-corrected chi connectivity index (χ4v) is 3.12. The van der Waals surface area contributed by atoms with Crippen LogP contribution in [0.25, 0.3) is 0 Å². The molecule has 1 fully saturated rings. The standard InChI is InChI=1S/C11H21NO4S/c1-5-16-10(13)11(9(2)3)6-7-12(8-11)17(4,14)15/h9H,5-8H2,1-4H3/t11-/m1/s1. The van der Waals surface area contributed by atoms with Gasteiger partial charge in [0.05, 0.1) is 18.3 Å². The fourth-order valence-electron chi connectivity index (χ4n) is 2.23. The molecule has 0 aliphatic carbocycles. The summed E-state index contributed by atoms with van der Waals surface area (Å²) in [6.45, 7) is 6.59. The number of sulfonamides is 1. The summed E-state index contributed by atoms with van der Waals surface area (Å²) in [5.74, 6) is -0.213. The van der Waals surface area contributed by atoms with Gasteiger partial charge in [0.25, 0.3) is 0 Å². The molecule has 0 aromatic rings. The topological polar surface area (TPSA) is 63.7 Å². The van der Waals surface area contributed by atoms with Crippen LogP contribution in [0.4, 0.5) is 0 Å². The number of carbonyl (C=O) groups is 1. The Kier molecular flexibility index (Phi) is 4.19. The molecule has 0 aromatic carbocycles. The Morgan fingerprint density at radius 3 is 2.41 bits per heavy atom. The average molecular weight is 263 g/mol. The number of esters is 1. The average Bonchev–Trinajstić information content (AvgIpc) is 2.62. The quantitative estimate of drug-likeness (QED) is 0.706. The molecule has 17 heavy (non-hydrogen) atoms. The van der Waals surface area contributed by atoms with E-state index >= 15 is 0 Å². The van der Waals surface area contributed by atoms with E-state index in [-0.39, 0.29) is 18.4 Å². The Hall–Kier alpha value is -0.620. The van der Waals surface area contributed by atoms with Gasteiger partial charge >= 0.3 is 5.97 Å². The highest BCUT2D eigenvalue weighted by Gasteiger charge is 2.50. The third-order valence-corrected chi connectivity index (χ3v) is 4.77. The molecule has 6 heteroatoms. The van der Waals surface area contributed by atoms with Gasteiger partial charge in [-0.25, -0.2) is 12.7 Å². The molecule has 0 saturated carbocycles. The van der Waals surface area contributed by atoms with Crippen molar-refractivity contribution in [2.75, 3.05) is 26.0 Å². The summed E-state index contributed by atoms with van der Waals surface area (Å²) in [5.41, 5.74) is -0.681. The second kappa shape index (κ2) is 4.94. The zero-order valence-electron chi connectivity index (χ0n) is 10.9. The van der Waals surface area contributed by atoms with Crippen LogP contribution in [-0.4, -0.2) is 44.6 Å². The summed E-state index contributed by atoms with van der Waals surface area (Å²) in [4.78, 5) is 12.0. The van der Waals surface area contributed by atoms with Crippen LogP contribution in [0.2, 0.25) is 0 Å². The first-order valence-electron chi connectivity index (χ1n) is 5.86. The van der Waals surface area contributed by atoms with Crippen molar-refractivity contribution in [2.45, 2.75) is 27.2 Å². The summed E-state index contributed by atoms with van der Waals surface area (Å²) >= 11 is 0. The molecule has 1 atom stereocenters. The maximum atomic E-state index is 12.0. The monoisotopic (exact) mass is 263 g/mol. The van der Waals surface area contributed by atoms with Gasteiger partial charge in [0.2, 0.25) is 10.0 Å². The lowest BCUT2D eigenvalue weighted by molar-refractivity contribution is -0.157. The lowest BCUT2D eigenvalue weighted by Crippen LogP contribution is -2.41. The molecule has 5 nitrogen and oxygen atoms in total. The highest BCUT2D eigenvalue weighted by molar-refractivity contribution is 7.88. The third kappa shape index (κ3) is 2.80. The zero-order valence-corrected chi connectivity index (χ0v) is 11.7. The molecule has 100 valence electrons. The van der Waals surface area contributed by atoms with Gasteiger partial charge in [-0.2, -0.15) is 0 Å². The van der Waals surface area contributed by atoms with Gasteiger partial charge < -0.3 is 4.74 Å². The highest BCUT2D eigenvalue weighted by atomic mass is 32.2. The van der Waals surface area contributed by atoms with E-state index in [2.05, 4.69) is 0 Å². The van der Waals surface area contributed by atoms with Gasteiger partial charge in [-0.3, -0.25) is 4.79 Å². The molecule has 1 rings (SSSR count). The van der Waals surface area contributed by atoms with Crippen molar-refractivity contribution in [1.29, 1.82) is 0 Å². The Morgan fingerprint density at radius 2 is 2.06 bits per heavy atom. The van der Waals surface area contributed by atoms with E-state index in [0.29, 0.717) is 19.6 Å². The van der Waals surface area contributed by atoms with E-state index in [4.69, 9.17) is 4.74 Å². The number of ether oxygens (including phenoxy) is 1. The van der Waals surface area contributed by atoms with Crippen LogP contribution < -0.4 is 0 Å². The van der Waals surface area contributed by atoms with E-state index in [9.17, 15) is 13.2 Å². The second-order valence-electron chi connectivity index (χ2n) is 4.88. The minimum Gasteiger partial charge on any atom is -0.466 e. The number of hydrogen-bond acceptors (Lipinski definition) is 4. The molecular formula is C11H21NO4S. The first kappa shape index (κ1) is 14.4. The smallest absolute Gasteiger partial charge is 0.313 e. The number of hydrogen-bond donors (Lipinski definition) is 0. The van der Waals surface area contributed by atoms with Crippen LogP contribution in [0.5, 0.6) is 0 Å². The van der Waals surface area contributed by atoms with Crippen LogP contribution in [0.1, 0.15) is 27.2 Å². The predicted molar refractivity (Wildman–Crippen MR) is 64.9 cm³/mol. The molecule has 1 heterocycles. The summed E-state index contributed by atoms with van der Waals surface area (Å²) in [6, 6.07) is 0. The van der Waals surface area contributed by atoms with Crippen LogP contribution in [0.15, 0.2) is 0 Å². The van der Waals surface area contributed by atoms with Crippen molar-refractivity contribution in [1.82, 2.24) is 4.31 Å². The Balaban J connectivity index is 2.95. The molecule has 0 aromatic heterocycles. The van der Waals surface area contributed by atoms with Crippen molar-refractivity contribution >= 4 is 16.0 Å². The van der Waals surface area contributed by atoms with Crippen LogP contribution in [0, 0.1) is 11.3 Å². The maximum Gasteiger partial charge on any atom is 0.313 e. The lowest BCUT2D eigenvalue weighted by Gasteiger charge is -2.30. The largest absolute Gasteiger partial charge is 0.466 e. The summed E-state index contributed by atoms with van der Waals surface area (Å²) in [6.07, 6.45) is 1.71. The highest BCUT2D eigenvalue weighted by Crippen LogP contribution is 2.39. The number of rotatable bonds is 4. The summed E-state index contributed by atoms with van der Waals surface area (Å²) in [5, 5.41) is 0. The summed E-state index contributed by atoms with van der Waals surface area (Å²) < 4.78 is 29.5. The molecule has 1 aliphatic rings. The lowest BCUT2D eigenvalue weighted by atomic mass is 9.76. The van der Waals surface area contributed by atoms with Gasteiger partial charge in [-0.15, -0.1) is 0 Å². The minimum absolute atomic E-state index is 0.0632. The molecular weight excluding hydrogens is 242 g/mol. The zero-order chi connectivity index (χ0) is 13.3. The first-order chi connectivity index (χ1) is 7.74. The van der Waals surface area contributed by atoms with Gasteiger partial charge in [-0.05, 0) is 19.3 Å². The van der Waals surface area contributed by atoms with Gasteiger partial charge in [0.15, 0.2) is 0 Å². The summed E-state index contributed by atoms with van der Waals surface area (Å²) in [7, 11) is -3.23. The third-order valence-electron chi connectivity index (χ3n) is 3.52. The fraction of sp³-hybridized carbons (Fsp3) is 0.909. The van der Waals surface area contributed by atoms with Gasteiger partial charge in [0, 0.05) is 13.1 Å². The second-order valence-corrected chi connectivity index (χ2v) is 6.86. The van der Waals surface area contributed by atoms with Crippen molar-refractivity contribution in [3.63, 3.8) is 0 Å². The van der Waals surface area contributed by atoms with Gasteiger partial charge in [-0.1, -0.05) is 13.8 Å². The van der Waals surface area contributed by atoms with E-state index < -0.39 is 15.4 Å². The first-order valence-corrected chi connectivity index (χ1v) is 7.71. The molecule has 0 spiro atoms. The molecule has 1 aliphatic heterocycles. The Bertz CT molecular complexity index is 390. The molecule has 0 bridgehead atoms. The number of nitrogens with zero attached hydrogens (tertiary/aromatic N) is 1. The predicted octanol–water partition coefficient (Wildman–Crippen LogP) is 0.857. The molecule has 1 saturated heterocycles. The van der Waals surface area contributed by atoms with Crippen LogP contribution in [0.3, 0.4) is 0 Å². The van der Waals surface area contributed by atoms with Crippen molar-refractivity contribution < 1.29 is 17.9 Å². The van der Waals surface area contributed by atoms with Gasteiger partial charge in [0.1, 0.15) is 0 Å². The van der Waals surface area contributed by atoms with Crippen LogP contribution >= 0.6 is 0 Å².